The molecule has 2 rings (SSSR count). The molecule has 12 heavy (non-hydrogen) atoms. The fourth-order valence-corrected chi connectivity index (χ4v) is 1.90. The number of piperidine rings is 1. The maximum absolute atomic E-state index is 3.43. The summed E-state index contributed by atoms with van der Waals surface area (Å²) in [5.74, 6) is 0.845. The van der Waals surface area contributed by atoms with Crippen LogP contribution in [0.25, 0.3) is 0 Å². The maximum Gasteiger partial charge on any atom is 0.0150 e. The maximum atomic E-state index is 3.43. The van der Waals surface area contributed by atoms with Crippen molar-refractivity contribution in [3.63, 3.8) is 0 Å². The standard InChI is InChI=1S/C10H16N2/c1-3-9(8-11-5-1)7-10-4-2-6-12-10/h2,4,6,9,11-12H,1,3,5,7-8H2. The van der Waals surface area contributed by atoms with E-state index in [-0.39, 0.29) is 0 Å². The van der Waals surface area contributed by atoms with Gasteiger partial charge in [-0.1, -0.05) is 0 Å². The van der Waals surface area contributed by atoms with Crippen LogP contribution in [0.3, 0.4) is 0 Å². The van der Waals surface area contributed by atoms with E-state index in [1.165, 1.54) is 38.0 Å². The molecular weight excluding hydrogens is 148 g/mol. The highest BCUT2D eigenvalue weighted by Crippen LogP contribution is 2.14. The zero-order chi connectivity index (χ0) is 8.23. The molecule has 1 aromatic heterocycles. The van der Waals surface area contributed by atoms with Crippen LogP contribution in [-0.2, 0) is 6.42 Å². The van der Waals surface area contributed by atoms with Gasteiger partial charge in [0.2, 0.25) is 0 Å². The number of H-pyrrole nitrogens is 1. The van der Waals surface area contributed by atoms with Gasteiger partial charge >= 0.3 is 0 Å². The monoisotopic (exact) mass is 164 g/mol. The zero-order valence-electron chi connectivity index (χ0n) is 7.34. The molecule has 2 nitrogen and oxygen atoms in total. The lowest BCUT2D eigenvalue weighted by Crippen LogP contribution is -2.30. The summed E-state index contributed by atoms with van der Waals surface area (Å²) in [6, 6.07) is 4.25. The second-order valence-corrected chi connectivity index (χ2v) is 3.61. The molecule has 2 heterocycles. The molecule has 1 atom stereocenters. The third kappa shape index (κ3) is 1.89. The number of aromatic nitrogens is 1. The molecule has 0 aliphatic carbocycles. The molecular formula is C10H16N2. The normalized spacial score (nSPS) is 24.2. The van der Waals surface area contributed by atoms with Gasteiger partial charge in [-0.15, -0.1) is 0 Å². The Bertz CT molecular complexity index is 210. The van der Waals surface area contributed by atoms with Gasteiger partial charge in [-0.05, 0) is 50.4 Å². The molecule has 66 valence electrons. The Morgan fingerprint density at radius 3 is 3.17 bits per heavy atom. The van der Waals surface area contributed by atoms with Crippen LogP contribution in [0.5, 0.6) is 0 Å². The molecule has 1 aliphatic rings. The van der Waals surface area contributed by atoms with Gasteiger partial charge in [0, 0.05) is 11.9 Å². The van der Waals surface area contributed by atoms with Crippen molar-refractivity contribution in [1.29, 1.82) is 0 Å². The third-order valence-corrected chi connectivity index (χ3v) is 2.57. The highest BCUT2D eigenvalue weighted by atomic mass is 14.9. The van der Waals surface area contributed by atoms with E-state index in [2.05, 4.69) is 22.4 Å². The van der Waals surface area contributed by atoms with Crippen LogP contribution in [0.1, 0.15) is 18.5 Å². The zero-order valence-corrected chi connectivity index (χ0v) is 7.34. The molecule has 0 aromatic carbocycles. The summed E-state index contributed by atoms with van der Waals surface area (Å²) >= 11 is 0. The second-order valence-electron chi connectivity index (χ2n) is 3.61. The van der Waals surface area contributed by atoms with Crippen LogP contribution >= 0.6 is 0 Å². The number of nitrogens with one attached hydrogen (secondary N) is 2. The van der Waals surface area contributed by atoms with Gasteiger partial charge in [0.1, 0.15) is 0 Å². The number of hydrogen-bond acceptors (Lipinski definition) is 1. The fraction of sp³-hybridized carbons (Fsp3) is 0.600. The summed E-state index contributed by atoms with van der Waals surface area (Å²) in [5.41, 5.74) is 1.38. The highest BCUT2D eigenvalue weighted by Gasteiger charge is 2.13. The van der Waals surface area contributed by atoms with Crippen molar-refractivity contribution in [3.8, 4) is 0 Å². The van der Waals surface area contributed by atoms with Gasteiger partial charge in [-0.3, -0.25) is 0 Å². The van der Waals surface area contributed by atoms with Crippen molar-refractivity contribution in [2.75, 3.05) is 13.1 Å². The van der Waals surface area contributed by atoms with E-state index in [1.54, 1.807) is 0 Å². The second kappa shape index (κ2) is 3.76. The third-order valence-electron chi connectivity index (χ3n) is 2.57. The van der Waals surface area contributed by atoms with Crippen LogP contribution in [0.2, 0.25) is 0 Å². The van der Waals surface area contributed by atoms with Crippen molar-refractivity contribution in [3.05, 3.63) is 24.0 Å². The molecule has 0 amide bonds. The summed E-state index contributed by atoms with van der Waals surface area (Å²) in [6.45, 7) is 2.40. The lowest BCUT2D eigenvalue weighted by atomic mass is 9.95. The first kappa shape index (κ1) is 7.87. The molecule has 0 radical (unpaired) electrons. The van der Waals surface area contributed by atoms with Crippen molar-refractivity contribution >= 4 is 0 Å². The molecule has 0 spiro atoms. The minimum Gasteiger partial charge on any atom is -0.365 e. The summed E-state index contributed by atoms with van der Waals surface area (Å²) in [6.07, 6.45) is 5.93. The molecule has 1 saturated heterocycles. The minimum atomic E-state index is 0.845. The Morgan fingerprint density at radius 2 is 2.50 bits per heavy atom. The average molecular weight is 164 g/mol. The lowest BCUT2D eigenvalue weighted by Gasteiger charge is -2.21. The van der Waals surface area contributed by atoms with Crippen LogP contribution in [-0.4, -0.2) is 18.1 Å². The van der Waals surface area contributed by atoms with E-state index in [0.29, 0.717) is 0 Å². The van der Waals surface area contributed by atoms with Gasteiger partial charge in [-0.2, -0.15) is 0 Å². The Balaban J connectivity index is 1.86. The van der Waals surface area contributed by atoms with Gasteiger partial charge < -0.3 is 10.3 Å². The predicted octanol–water partition coefficient (Wildman–Crippen LogP) is 1.56. The van der Waals surface area contributed by atoms with E-state index in [1.807, 2.05) is 6.20 Å². The molecule has 0 bridgehead atoms. The van der Waals surface area contributed by atoms with Gasteiger partial charge in [0.15, 0.2) is 0 Å². The predicted molar refractivity (Wildman–Crippen MR) is 50.1 cm³/mol. The van der Waals surface area contributed by atoms with Crippen molar-refractivity contribution in [1.82, 2.24) is 10.3 Å². The fourth-order valence-electron chi connectivity index (χ4n) is 1.90. The summed E-state index contributed by atoms with van der Waals surface area (Å²) in [7, 11) is 0. The van der Waals surface area contributed by atoms with Crippen molar-refractivity contribution < 1.29 is 0 Å². The van der Waals surface area contributed by atoms with E-state index in [9.17, 15) is 0 Å². The van der Waals surface area contributed by atoms with Crippen molar-refractivity contribution in [2.24, 2.45) is 5.92 Å². The number of hydrogen-bond donors (Lipinski definition) is 2. The lowest BCUT2D eigenvalue weighted by molar-refractivity contribution is 0.374. The van der Waals surface area contributed by atoms with Gasteiger partial charge in [0.25, 0.3) is 0 Å². The first-order valence-electron chi connectivity index (χ1n) is 4.78. The van der Waals surface area contributed by atoms with Crippen LogP contribution in [0, 0.1) is 5.92 Å². The Morgan fingerprint density at radius 1 is 1.50 bits per heavy atom. The van der Waals surface area contributed by atoms with E-state index < -0.39 is 0 Å². The van der Waals surface area contributed by atoms with E-state index >= 15 is 0 Å². The SMILES string of the molecule is c1c[nH]c(CC2CCCNC2)c1. The number of aromatic amines is 1. The van der Waals surface area contributed by atoms with Crippen molar-refractivity contribution in [2.45, 2.75) is 19.3 Å². The summed E-state index contributed by atoms with van der Waals surface area (Å²) in [5, 5.41) is 3.43. The average Bonchev–Trinajstić information content (AvgIpc) is 2.59. The molecule has 0 saturated carbocycles. The Kier molecular flexibility index (Phi) is 2.47. The first-order chi connectivity index (χ1) is 5.95. The van der Waals surface area contributed by atoms with Crippen LogP contribution in [0.4, 0.5) is 0 Å². The van der Waals surface area contributed by atoms with Gasteiger partial charge in [0.05, 0.1) is 0 Å². The largest absolute Gasteiger partial charge is 0.365 e. The van der Waals surface area contributed by atoms with Crippen LogP contribution < -0.4 is 5.32 Å². The van der Waals surface area contributed by atoms with Crippen LogP contribution in [0.15, 0.2) is 18.3 Å². The smallest absolute Gasteiger partial charge is 0.0150 e. The van der Waals surface area contributed by atoms with E-state index in [0.717, 1.165) is 5.92 Å². The molecule has 2 heteroatoms. The first-order valence-corrected chi connectivity index (χ1v) is 4.78. The molecule has 1 aromatic rings. The highest BCUT2D eigenvalue weighted by molar-refractivity contribution is 5.04. The molecule has 1 fully saturated rings. The Hall–Kier alpha value is -0.760. The summed E-state index contributed by atoms with van der Waals surface area (Å²) < 4.78 is 0. The molecule has 1 unspecified atom stereocenters. The summed E-state index contributed by atoms with van der Waals surface area (Å²) in [4.78, 5) is 3.26. The van der Waals surface area contributed by atoms with Gasteiger partial charge in [-0.25, -0.2) is 0 Å². The quantitative estimate of drug-likeness (QED) is 0.682. The van der Waals surface area contributed by atoms with E-state index in [4.69, 9.17) is 0 Å². The topological polar surface area (TPSA) is 27.8 Å². The molecule has 2 N–H and O–H groups in total. The Labute approximate surface area is 73.4 Å². The minimum absolute atomic E-state index is 0.845. The molecule has 1 aliphatic heterocycles. The number of rotatable bonds is 2.